The lowest BCUT2D eigenvalue weighted by molar-refractivity contribution is -0.694. The van der Waals surface area contributed by atoms with Gasteiger partial charge in [0, 0.05) is 0 Å². The van der Waals surface area contributed by atoms with Gasteiger partial charge in [-0.15, -0.1) is 4.68 Å². The fourth-order valence-electron chi connectivity index (χ4n) is 2.29. The summed E-state index contributed by atoms with van der Waals surface area (Å²) >= 11 is 1.36. The van der Waals surface area contributed by atoms with Crippen molar-refractivity contribution < 1.29 is 14.2 Å². The Kier molecular flexibility index (Phi) is 5.69. The number of anilines is 1. The molecule has 25 heavy (non-hydrogen) atoms. The molecule has 6 nitrogen and oxygen atoms in total. The summed E-state index contributed by atoms with van der Waals surface area (Å²) in [6, 6.07) is 17.2. The molecule has 1 aromatic heterocycles. The molecule has 3 aromatic rings. The van der Waals surface area contributed by atoms with Gasteiger partial charge in [0.1, 0.15) is 5.75 Å². The van der Waals surface area contributed by atoms with Crippen molar-refractivity contribution in [3.8, 4) is 11.4 Å². The molecule has 0 bridgehead atoms. The smallest absolute Gasteiger partial charge is 0.385 e. The Bertz CT molecular complexity index is 836. The number of carbonyl (C=O) groups is 1. The highest BCUT2D eigenvalue weighted by Gasteiger charge is 2.18. The maximum absolute atomic E-state index is 12.3. The summed E-state index contributed by atoms with van der Waals surface area (Å²) in [6.45, 7) is 2.46. The molecule has 1 heterocycles. The van der Waals surface area contributed by atoms with Crippen molar-refractivity contribution >= 4 is 23.4 Å². The Hall–Kier alpha value is -2.80. The number of ether oxygens (including phenoxy) is 1. The number of para-hydroxylation sites is 3. The molecule has 2 aromatic carbocycles. The lowest BCUT2D eigenvalue weighted by Crippen LogP contribution is -2.35. The minimum Gasteiger partial charge on any atom is -0.492 e. The van der Waals surface area contributed by atoms with E-state index in [9.17, 15) is 4.79 Å². The second kappa shape index (κ2) is 8.34. The molecule has 0 unspecified atom stereocenters. The van der Waals surface area contributed by atoms with Gasteiger partial charge in [-0.05, 0) is 47.9 Å². The molecule has 0 spiro atoms. The lowest BCUT2D eigenvalue weighted by Gasteiger charge is -2.10. The number of amides is 1. The number of aromatic nitrogens is 3. The Balaban J connectivity index is 1.63. The van der Waals surface area contributed by atoms with Gasteiger partial charge in [0.25, 0.3) is 0 Å². The standard InChI is InChI=1S/C18H18N4O2S/c1-2-24-16-11-7-6-10-15(16)21-17(23)12-25-18-19-13-20-22(18)14-8-4-3-5-9-14/h3-11,13H,2,12H2,1H3,(H,21,23)/p+1. The summed E-state index contributed by atoms with van der Waals surface area (Å²) in [6.07, 6.45) is 1.61. The molecule has 0 aliphatic heterocycles. The lowest BCUT2D eigenvalue weighted by atomic mass is 10.3. The molecule has 3 rings (SSSR count). The van der Waals surface area contributed by atoms with Gasteiger partial charge >= 0.3 is 5.16 Å². The summed E-state index contributed by atoms with van der Waals surface area (Å²) in [4.78, 5) is 16.6. The van der Waals surface area contributed by atoms with E-state index < -0.39 is 0 Å². The number of benzene rings is 2. The zero-order valence-electron chi connectivity index (χ0n) is 13.8. The van der Waals surface area contributed by atoms with E-state index in [1.165, 1.54) is 11.8 Å². The number of carbonyl (C=O) groups excluding carboxylic acids is 1. The van der Waals surface area contributed by atoms with Gasteiger partial charge in [-0.1, -0.05) is 30.3 Å². The van der Waals surface area contributed by atoms with Gasteiger partial charge in [-0.3, -0.25) is 4.79 Å². The normalized spacial score (nSPS) is 10.4. The monoisotopic (exact) mass is 355 g/mol. The average molecular weight is 355 g/mol. The highest BCUT2D eigenvalue weighted by molar-refractivity contribution is 7.99. The van der Waals surface area contributed by atoms with E-state index >= 15 is 0 Å². The molecular formula is C18H19N4O2S+. The minimum absolute atomic E-state index is 0.111. The van der Waals surface area contributed by atoms with Crippen LogP contribution in [0.25, 0.3) is 5.69 Å². The quantitative estimate of drug-likeness (QED) is 0.505. The van der Waals surface area contributed by atoms with Crippen LogP contribution < -0.4 is 14.7 Å². The summed E-state index contributed by atoms with van der Waals surface area (Å²) < 4.78 is 7.36. The number of rotatable bonds is 7. The first-order valence-corrected chi connectivity index (χ1v) is 8.92. The van der Waals surface area contributed by atoms with E-state index in [0.29, 0.717) is 18.0 Å². The van der Waals surface area contributed by atoms with Crippen LogP contribution in [-0.2, 0) is 4.79 Å². The molecule has 0 fully saturated rings. The second-order valence-electron chi connectivity index (χ2n) is 5.11. The number of hydrogen-bond acceptors (Lipinski definition) is 4. The van der Waals surface area contributed by atoms with Crippen molar-refractivity contribution in [3.05, 3.63) is 60.9 Å². The van der Waals surface area contributed by atoms with Crippen LogP contribution in [-0.4, -0.2) is 28.3 Å². The van der Waals surface area contributed by atoms with Crippen molar-refractivity contribution in [2.75, 3.05) is 17.7 Å². The zero-order valence-corrected chi connectivity index (χ0v) is 14.6. The van der Waals surface area contributed by atoms with E-state index in [1.54, 1.807) is 6.33 Å². The second-order valence-corrected chi connectivity index (χ2v) is 6.05. The third kappa shape index (κ3) is 4.39. The van der Waals surface area contributed by atoms with E-state index in [2.05, 4.69) is 15.4 Å². The largest absolute Gasteiger partial charge is 0.492 e. The van der Waals surface area contributed by atoms with Crippen LogP contribution in [0.3, 0.4) is 0 Å². The Morgan fingerprint density at radius 1 is 1.20 bits per heavy atom. The Morgan fingerprint density at radius 2 is 1.96 bits per heavy atom. The van der Waals surface area contributed by atoms with Crippen LogP contribution in [0.1, 0.15) is 6.92 Å². The van der Waals surface area contributed by atoms with Gasteiger partial charge in [-0.2, -0.15) is 5.10 Å². The highest BCUT2D eigenvalue weighted by Crippen LogP contribution is 2.24. The van der Waals surface area contributed by atoms with Crippen LogP contribution >= 0.6 is 11.8 Å². The van der Waals surface area contributed by atoms with Crippen LogP contribution in [0, 0.1) is 0 Å². The molecule has 128 valence electrons. The number of aromatic amines is 1. The summed E-state index contributed by atoms with van der Waals surface area (Å²) in [5.74, 6) is 0.806. The van der Waals surface area contributed by atoms with Crippen molar-refractivity contribution in [1.29, 1.82) is 0 Å². The molecule has 0 saturated heterocycles. The van der Waals surface area contributed by atoms with Gasteiger partial charge in [0.2, 0.25) is 12.2 Å². The summed E-state index contributed by atoms with van der Waals surface area (Å²) in [7, 11) is 0. The Labute approximate surface area is 150 Å². The van der Waals surface area contributed by atoms with Crippen molar-refractivity contribution in [2.45, 2.75) is 12.1 Å². The topological polar surface area (TPSA) is 70.9 Å². The van der Waals surface area contributed by atoms with Gasteiger partial charge in [0.05, 0.1) is 18.0 Å². The summed E-state index contributed by atoms with van der Waals surface area (Å²) in [5, 5.41) is 6.66. The molecule has 0 atom stereocenters. The maximum Gasteiger partial charge on any atom is 0.385 e. The van der Waals surface area contributed by atoms with Gasteiger partial charge in [0.15, 0.2) is 5.69 Å². The first kappa shape index (κ1) is 17.0. The molecule has 1 amide bonds. The fourth-order valence-corrected chi connectivity index (χ4v) is 3.03. The molecule has 0 aliphatic rings. The van der Waals surface area contributed by atoms with Gasteiger partial charge in [-0.25, -0.2) is 0 Å². The zero-order chi connectivity index (χ0) is 17.5. The molecule has 2 N–H and O–H groups in total. The van der Waals surface area contributed by atoms with E-state index in [-0.39, 0.29) is 11.7 Å². The van der Waals surface area contributed by atoms with Crippen LogP contribution in [0.5, 0.6) is 5.75 Å². The highest BCUT2D eigenvalue weighted by atomic mass is 32.2. The van der Waals surface area contributed by atoms with Crippen LogP contribution in [0.2, 0.25) is 0 Å². The number of nitrogens with one attached hydrogen (secondary N) is 2. The van der Waals surface area contributed by atoms with E-state index in [1.807, 2.05) is 66.2 Å². The predicted molar refractivity (Wildman–Crippen MR) is 97.1 cm³/mol. The minimum atomic E-state index is -0.111. The van der Waals surface area contributed by atoms with Crippen LogP contribution in [0.15, 0.2) is 66.1 Å². The third-order valence-electron chi connectivity index (χ3n) is 3.36. The fraction of sp³-hybridized carbons (Fsp3) is 0.167. The SMILES string of the molecule is CCOc1ccccc1NC(=O)CSc1nc[nH][n+]1-c1ccccc1. The van der Waals surface area contributed by atoms with Gasteiger partial charge < -0.3 is 10.1 Å². The molecule has 7 heteroatoms. The Morgan fingerprint density at radius 3 is 2.76 bits per heavy atom. The first-order valence-electron chi connectivity index (χ1n) is 7.93. The summed E-state index contributed by atoms with van der Waals surface area (Å²) in [5.41, 5.74) is 1.64. The van der Waals surface area contributed by atoms with Crippen molar-refractivity contribution in [1.82, 2.24) is 10.1 Å². The van der Waals surface area contributed by atoms with Crippen LogP contribution in [0.4, 0.5) is 5.69 Å². The average Bonchev–Trinajstić information content (AvgIpc) is 3.11. The molecule has 0 aliphatic carbocycles. The number of H-pyrrole nitrogens is 1. The molecule has 0 saturated carbocycles. The number of hydrogen-bond donors (Lipinski definition) is 2. The molecular weight excluding hydrogens is 336 g/mol. The van der Waals surface area contributed by atoms with Crippen molar-refractivity contribution in [3.63, 3.8) is 0 Å². The molecule has 0 radical (unpaired) electrons. The van der Waals surface area contributed by atoms with Crippen molar-refractivity contribution in [2.24, 2.45) is 0 Å². The van der Waals surface area contributed by atoms with E-state index in [0.717, 1.165) is 10.8 Å². The first-order chi connectivity index (χ1) is 12.3. The number of thioether (sulfide) groups is 1. The number of nitrogens with zero attached hydrogens (tertiary/aromatic N) is 2. The predicted octanol–water partition coefficient (Wildman–Crippen LogP) is 2.82. The van der Waals surface area contributed by atoms with E-state index in [4.69, 9.17) is 4.74 Å². The third-order valence-corrected chi connectivity index (χ3v) is 4.31. The maximum atomic E-state index is 12.3.